The van der Waals surface area contributed by atoms with Crippen molar-refractivity contribution in [3.8, 4) is 0 Å². The maximum atomic E-state index is 13.0. The predicted molar refractivity (Wildman–Crippen MR) is 78.2 cm³/mol. The third-order valence-electron chi connectivity index (χ3n) is 4.62. The number of rotatable bonds is 2. The number of allylic oxidation sites excluding steroid dienone is 2. The highest BCUT2D eigenvalue weighted by molar-refractivity contribution is 5.95. The van der Waals surface area contributed by atoms with Crippen molar-refractivity contribution in [3.05, 3.63) is 42.0 Å². The van der Waals surface area contributed by atoms with Crippen molar-refractivity contribution >= 4 is 11.6 Å². The molecule has 1 aromatic rings. The Bertz CT molecular complexity index is 578. The van der Waals surface area contributed by atoms with E-state index in [0.29, 0.717) is 11.8 Å². The van der Waals surface area contributed by atoms with Crippen molar-refractivity contribution in [1.29, 1.82) is 0 Å². The van der Waals surface area contributed by atoms with Crippen molar-refractivity contribution in [2.24, 2.45) is 17.8 Å². The molecule has 0 aliphatic heterocycles. The summed E-state index contributed by atoms with van der Waals surface area (Å²) in [6, 6.07) is 5.14. The zero-order valence-corrected chi connectivity index (χ0v) is 12.1. The van der Waals surface area contributed by atoms with Crippen LogP contribution < -0.4 is 5.32 Å². The molecule has 5 heteroatoms. The molecule has 1 amide bonds. The zero-order chi connectivity index (χ0) is 15.7. The highest BCUT2D eigenvalue weighted by Gasteiger charge is 2.53. The van der Waals surface area contributed by atoms with Gasteiger partial charge in [0, 0.05) is 5.92 Å². The highest BCUT2D eigenvalue weighted by atomic mass is 19.4. The molecule has 3 rings (SSSR count). The number of para-hydroxylation sites is 1. The van der Waals surface area contributed by atoms with Crippen LogP contribution in [0, 0.1) is 17.8 Å². The molecule has 0 spiro atoms. The van der Waals surface area contributed by atoms with Crippen LogP contribution >= 0.6 is 0 Å². The first kappa shape index (κ1) is 15.1. The van der Waals surface area contributed by atoms with Crippen molar-refractivity contribution < 1.29 is 18.0 Å². The first-order valence-corrected chi connectivity index (χ1v) is 7.60. The van der Waals surface area contributed by atoms with Crippen LogP contribution in [-0.2, 0) is 11.0 Å². The van der Waals surface area contributed by atoms with E-state index in [0.717, 1.165) is 31.7 Å². The molecular formula is C17H18F3NO. The molecule has 2 aliphatic rings. The standard InChI is InChI=1S/C17H18F3NO/c18-17(19,20)13-9-5-6-10-14(13)21-16(22)15-11-7-3-1-2-4-8-12(11)15/h1-2,5-6,9-12,15H,3-4,7-8H2,(H,21,22)/b2-1-. The first-order chi connectivity index (χ1) is 10.5. The topological polar surface area (TPSA) is 29.1 Å². The van der Waals surface area contributed by atoms with E-state index < -0.39 is 11.7 Å². The van der Waals surface area contributed by atoms with Gasteiger partial charge in [0.25, 0.3) is 0 Å². The van der Waals surface area contributed by atoms with Crippen LogP contribution in [0.1, 0.15) is 31.2 Å². The van der Waals surface area contributed by atoms with E-state index in [-0.39, 0.29) is 17.5 Å². The summed E-state index contributed by atoms with van der Waals surface area (Å²) in [6.45, 7) is 0. The van der Waals surface area contributed by atoms with Gasteiger partial charge in [-0.1, -0.05) is 24.3 Å². The molecule has 22 heavy (non-hydrogen) atoms. The van der Waals surface area contributed by atoms with Gasteiger partial charge < -0.3 is 5.32 Å². The van der Waals surface area contributed by atoms with Crippen molar-refractivity contribution in [2.45, 2.75) is 31.9 Å². The molecule has 1 N–H and O–H groups in total. The molecule has 1 fully saturated rings. The van der Waals surface area contributed by atoms with Crippen molar-refractivity contribution in [2.75, 3.05) is 5.32 Å². The van der Waals surface area contributed by atoms with Gasteiger partial charge in [0.2, 0.25) is 5.91 Å². The molecule has 2 unspecified atom stereocenters. The quantitative estimate of drug-likeness (QED) is 0.793. The smallest absolute Gasteiger partial charge is 0.325 e. The number of benzene rings is 1. The second-order valence-electron chi connectivity index (χ2n) is 6.01. The van der Waals surface area contributed by atoms with E-state index in [1.165, 1.54) is 18.2 Å². The molecule has 2 nitrogen and oxygen atoms in total. The number of hydrogen-bond acceptors (Lipinski definition) is 1. The molecule has 2 atom stereocenters. The summed E-state index contributed by atoms with van der Waals surface area (Å²) in [7, 11) is 0. The number of alkyl halides is 3. The highest BCUT2D eigenvalue weighted by Crippen LogP contribution is 2.53. The number of hydrogen-bond donors (Lipinski definition) is 1. The Morgan fingerprint density at radius 3 is 2.23 bits per heavy atom. The Hall–Kier alpha value is -1.78. The fourth-order valence-electron chi connectivity index (χ4n) is 3.49. The van der Waals surface area contributed by atoms with Crippen LogP contribution in [0.3, 0.4) is 0 Å². The predicted octanol–water partition coefficient (Wildman–Crippen LogP) is 4.64. The molecule has 0 radical (unpaired) electrons. The van der Waals surface area contributed by atoms with Gasteiger partial charge in [-0.3, -0.25) is 4.79 Å². The molecule has 0 saturated heterocycles. The molecule has 118 valence electrons. The largest absolute Gasteiger partial charge is 0.418 e. The molecule has 2 aliphatic carbocycles. The number of amides is 1. The maximum absolute atomic E-state index is 13.0. The van der Waals surface area contributed by atoms with E-state index in [9.17, 15) is 18.0 Å². The lowest BCUT2D eigenvalue weighted by molar-refractivity contribution is -0.137. The first-order valence-electron chi connectivity index (χ1n) is 7.60. The number of carbonyl (C=O) groups excluding carboxylic acids is 1. The van der Waals surface area contributed by atoms with Gasteiger partial charge >= 0.3 is 6.18 Å². The third-order valence-corrected chi connectivity index (χ3v) is 4.62. The van der Waals surface area contributed by atoms with E-state index in [1.54, 1.807) is 0 Å². The molecule has 0 heterocycles. The van der Waals surface area contributed by atoms with Gasteiger partial charge in [-0.2, -0.15) is 13.2 Å². The molecule has 1 aromatic carbocycles. The van der Waals surface area contributed by atoms with Crippen LogP contribution in [-0.4, -0.2) is 5.91 Å². The van der Waals surface area contributed by atoms with Crippen molar-refractivity contribution in [3.63, 3.8) is 0 Å². The Morgan fingerprint density at radius 2 is 1.64 bits per heavy atom. The third kappa shape index (κ3) is 3.03. The van der Waals surface area contributed by atoms with E-state index in [2.05, 4.69) is 17.5 Å². The summed E-state index contributed by atoms with van der Waals surface area (Å²) in [6.07, 6.45) is 3.58. The lowest BCUT2D eigenvalue weighted by Gasteiger charge is -2.13. The number of fused-ring (bicyclic) bond motifs is 1. The average molecular weight is 309 g/mol. The Balaban J connectivity index is 1.71. The second-order valence-corrected chi connectivity index (χ2v) is 6.01. The SMILES string of the molecule is O=C(Nc1ccccc1C(F)(F)F)C1C2CC/C=C\CCC21. The van der Waals surface area contributed by atoms with Gasteiger partial charge in [0.15, 0.2) is 0 Å². The van der Waals surface area contributed by atoms with Crippen LogP contribution in [0.2, 0.25) is 0 Å². The van der Waals surface area contributed by atoms with Gasteiger partial charge in [-0.25, -0.2) is 0 Å². The Labute approximate surface area is 127 Å². The fourth-order valence-corrected chi connectivity index (χ4v) is 3.49. The molecule has 0 aromatic heterocycles. The Morgan fingerprint density at radius 1 is 1.05 bits per heavy atom. The minimum atomic E-state index is -4.46. The van der Waals surface area contributed by atoms with Crippen molar-refractivity contribution in [1.82, 2.24) is 0 Å². The molecule has 0 bridgehead atoms. The minimum absolute atomic E-state index is 0.138. The van der Waals surface area contributed by atoms with E-state index in [4.69, 9.17) is 0 Å². The van der Waals surface area contributed by atoms with Crippen LogP contribution in [0.5, 0.6) is 0 Å². The molecular weight excluding hydrogens is 291 g/mol. The molecule has 1 saturated carbocycles. The van der Waals surface area contributed by atoms with Crippen LogP contribution in [0.15, 0.2) is 36.4 Å². The van der Waals surface area contributed by atoms with Crippen LogP contribution in [0.4, 0.5) is 18.9 Å². The Kier molecular flexibility index (Phi) is 3.98. The van der Waals surface area contributed by atoms with Gasteiger partial charge in [0.1, 0.15) is 0 Å². The lowest BCUT2D eigenvalue weighted by Crippen LogP contribution is -2.19. The average Bonchev–Trinajstić information content (AvgIpc) is 3.09. The number of anilines is 1. The minimum Gasteiger partial charge on any atom is -0.325 e. The number of halogens is 3. The number of nitrogens with one attached hydrogen (secondary N) is 1. The summed E-state index contributed by atoms with van der Waals surface area (Å²) in [5.74, 6) is 0.237. The van der Waals surface area contributed by atoms with E-state index >= 15 is 0 Å². The van der Waals surface area contributed by atoms with Gasteiger partial charge in [-0.15, -0.1) is 0 Å². The summed E-state index contributed by atoms with van der Waals surface area (Å²) < 4.78 is 38.9. The zero-order valence-electron chi connectivity index (χ0n) is 12.1. The van der Waals surface area contributed by atoms with E-state index in [1.807, 2.05) is 0 Å². The fraction of sp³-hybridized carbons (Fsp3) is 0.471. The van der Waals surface area contributed by atoms with Gasteiger partial charge in [0.05, 0.1) is 11.3 Å². The lowest BCUT2D eigenvalue weighted by atomic mass is 10.1. The van der Waals surface area contributed by atoms with Crippen LogP contribution in [0.25, 0.3) is 0 Å². The summed E-state index contributed by atoms with van der Waals surface area (Å²) >= 11 is 0. The summed E-state index contributed by atoms with van der Waals surface area (Å²) in [5, 5.41) is 2.50. The monoisotopic (exact) mass is 309 g/mol. The normalized spacial score (nSPS) is 29.0. The number of carbonyl (C=O) groups is 1. The maximum Gasteiger partial charge on any atom is 0.418 e. The summed E-state index contributed by atoms with van der Waals surface area (Å²) in [5.41, 5.74) is -0.930. The second kappa shape index (κ2) is 5.78. The summed E-state index contributed by atoms with van der Waals surface area (Å²) in [4.78, 5) is 12.3. The van der Waals surface area contributed by atoms with Gasteiger partial charge in [-0.05, 0) is 49.7 Å².